The van der Waals surface area contributed by atoms with Crippen LogP contribution in [0.25, 0.3) is 0 Å². The highest BCUT2D eigenvalue weighted by molar-refractivity contribution is 9.09. The average molecular weight is 182 g/mol. The molecule has 0 aromatic heterocycles. The van der Waals surface area contributed by atoms with Gasteiger partial charge in [0.1, 0.15) is 6.04 Å². The minimum Gasteiger partial charge on any atom is -0.480 e. The molecule has 3 nitrogen and oxygen atoms in total. The highest BCUT2D eigenvalue weighted by atomic mass is 79.9. The van der Waals surface area contributed by atoms with Gasteiger partial charge in [-0.2, -0.15) is 0 Å². The summed E-state index contributed by atoms with van der Waals surface area (Å²) in [6.45, 7) is 1.69. The van der Waals surface area contributed by atoms with Crippen LogP contribution in [0.5, 0.6) is 0 Å². The van der Waals surface area contributed by atoms with E-state index in [0.29, 0.717) is 0 Å². The summed E-state index contributed by atoms with van der Waals surface area (Å²) < 4.78 is 0. The second-order valence-corrected chi connectivity index (χ2v) is 2.99. The molecule has 0 spiro atoms. The minimum absolute atomic E-state index is 0.167. The number of carboxylic acid groups (broad SMARTS) is 1. The van der Waals surface area contributed by atoms with Crippen molar-refractivity contribution in [3.05, 3.63) is 0 Å². The van der Waals surface area contributed by atoms with Gasteiger partial charge in [0.25, 0.3) is 0 Å². The summed E-state index contributed by atoms with van der Waals surface area (Å²) in [5.41, 5.74) is 5.11. The lowest BCUT2D eigenvalue weighted by atomic mass is 10.2. The van der Waals surface area contributed by atoms with E-state index in [1.54, 1.807) is 6.92 Å². The number of hydrogen-bond donors (Lipinski definition) is 2. The second kappa shape index (κ2) is 3.04. The molecule has 3 N–H and O–H groups in total. The largest absolute Gasteiger partial charge is 0.480 e. The van der Waals surface area contributed by atoms with Crippen LogP contribution in [0.1, 0.15) is 6.92 Å². The van der Waals surface area contributed by atoms with Crippen LogP contribution in [0.4, 0.5) is 0 Å². The number of carboxylic acids is 1. The third kappa shape index (κ3) is 2.28. The Morgan fingerprint density at radius 3 is 2.25 bits per heavy atom. The number of hydrogen-bond acceptors (Lipinski definition) is 2. The Bertz CT molecular complexity index is 94.0. The summed E-state index contributed by atoms with van der Waals surface area (Å²) in [7, 11) is 0. The van der Waals surface area contributed by atoms with Gasteiger partial charge in [0.05, 0.1) is 0 Å². The number of halogens is 1. The first-order chi connectivity index (χ1) is 3.55. The zero-order valence-corrected chi connectivity index (χ0v) is 6.05. The van der Waals surface area contributed by atoms with E-state index in [2.05, 4.69) is 15.9 Å². The Balaban J connectivity index is 3.64. The fourth-order valence-electron chi connectivity index (χ4n) is 0.196. The summed E-state index contributed by atoms with van der Waals surface area (Å²) in [6, 6.07) is -0.796. The van der Waals surface area contributed by atoms with Crippen molar-refractivity contribution in [1.82, 2.24) is 0 Å². The summed E-state index contributed by atoms with van der Waals surface area (Å²) in [6.07, 6.45) is 0. The number of alkyl halides is 1. The van der Waals surface area contributed by atoms with E-state index >= 15 is 0 Å². The smallest absolute Gasteiger partial charge is 0.321 e. The molecule has 0 aromatic carbocycles. The highest BCUT2D eigenvalue weighted by Crippen LogP contribution is 2.00. The first kappa shape index (κ1) is 7.91. The lowest BCUT2D eigenvalue weighted by molar-refractivity contribution is -0.138. The zero-order valence-electron chi connectivity index (χ0n) is 4.47. The monoisotopic (exact) mass is 181 g/mol. The van der Waals surface area contributed by atoms with E-state index in [-0.39, 0.29) is 4.83 Å². The molecular weight excluding hydrogens is 174 g/mol. The molecule has 0 fully saturated rings. The van der Waals surface area contributed by atoms with Gasteiger partial charge in [0.2, 0.25) is 0 Å². The third-order valence-electron chi connectivity index (χ3n) is 0.780. The van der Waals surface area contributed by atoms with Crippen molar-refractivity contribution >= 4 is 21.9 Å². The fraction of sp³-hybridized carbons (Fsp3) is 0.750. The quantitative estimate of drug-likeness (QED) is 0.598. The Hall–Kier alpha value is -0.0900. The minimum atomic E-state index is -0.977. The normalized spacial score (nSPS) is 17.4. The second-order valence-electron chi connectivity index (χ2n) is 1.54. The Morgan fingerprint density at radius 2 is 2.25 bits per heavy atom. The van der Waals surface area contributed by atoms with Crippen molar-refractivity contribution in [3.63, 3.8) is 0 Å². The molecule has 4 heteroatoms. The number of aliphatic carboxylic acids is 1. The fourth-order valence-corrected chi connectivity index (χ4v) is 0.423. The van der Waals surface area contributed by atoms with Gasteiger partial charge in [-0.25, -0.2) is 0 Å². The molecule has 0 aliphatic carbocycles. The van der Waals surface area contributed by atoms with Gasteiger partial charge in [-0.3, -0.25) is 4.79 Å². The molecule has 8 heavy (non-hydrogen) atoms. The summed E-state index contributed by atoms with van der Waals surface area (Å²) in [4.78, 5) is 9.82. The van der Waals surface area contributed by atoms with Crippen molar-refractivity contribution < 1.29 is 9.90 Å². The van der Waals surface area contributed by atoms with E-state index < -0.39 is 12.0 Å². The lowest BCUT2D eigenvalue weighted by Gasteiger charge is -2.06. The van der Waals surface area contributed by atoms with Crippen LogP contribution in [-0.4, -0.2) is 21.9 Å². The van der Waals surface area contributed by atoms with Crippen molar-refractivity contribution in [2.45, 2.75) is 17.8 Å². The van der Waals surface area contributed by atoms with Gasteiger partial charge in [-0.1, -0.05) is 22.9 Å². The van der Waals surface area contributed by atoms with Crippen LogP contribution in [0.3, 0.4) is 0 Å². The molecule has 0 unspecified atom stereocenters. The van der Waals surface area contributed by atoms with E-state index in [4.69, 9.17) is 10.8 Å². The molecule has 0 bridgehead atoms. The van der Waals surface area contributed by atoms with Crippen LogP contribution in [0.2, 0.25) is 0 Å². The first-order valence-corrected chi connectivity index (χ1v) is 3.09. The maximum absolute atomic E-state index is 9.99. The Kier molecular flexibility index (Phi) is 3.01. The maximum atomic E-state index is 9.99. The Morgan fingerprint density at radius 1 is 1.88 bits per heavy atom. The maximum Gasteiger partial charge on any atom is 0.321 e. The molecule has 0 aliphatic heterocycles. The molecular formula is C4H8BrNO2. The molecule has 0 amide bonds. The first-order valence-electron chi connectivity index (χ1n) is 2.18. The standard InChI is InChI=1S/C4H8BrNO2/c1-2(5)3(6)4(7)8/h2-3H,6H2,1H3,(H,7,8)/t2-,3-/m0/s1. The lowest BCUT2D eigenvalue weighted by Crippen LogP contribution is -2.36. The number of rotatable bonds is 2. The Labute approximate surface area is 56.0 Å². The van der Waals surface area contributed by atoms with Gasteiger partial charge in [-0.15, -0.1) is 0 Å². The van der Waals surface area contributed by atoms with Crippen LogP contribution in [0.15, 0.2) is 0 Å². The van der Waals surface area contributed by atoms with Crippen molar-refractivity contribution in [1.29, 1.82) is 0 Å². The van der Waals surface area contributed by atoms with E-state index in [0.717, 1.165) is 0 Å². The van der Waals surface area contributed by atoms with Crippen LogP contribution < -0.4 is 5.73 Å². The predicted molar refractivity (Wildman–Crippen MR) is 34.0 cm³/mol. The van der Waals surface area contributed by atoms with Gasteiger partial charge in [0.15, 0.2) is 0 Å². The molecule has 0 aromatic rings. The van der Waals surface area contributed by atoms with Crippen molar-refractivity contribution in [2.24, 2.45) is 5.73 Å². The van der Waals surface area contributed by atoms with Crippen LogP contribution >= 0.6 is 15.9 Å². The van der Waals surface area contributed by atoms with Crippen molar-refractivity contribution in [3.8, 4) is 0 Å². The average Bonchev–Trinajstić information content (AvgIpc) is 1.64. The summed E-state index contributed by atoms with van der Waals surface area (Å²) >= 11 is 3.03. The SMILES string of the molecule is C[C@H](Br)[C@H](N)C(=O)O. The topological polar surface area (TPSA) is 63.3 Å². The van der Waals surface area contributed by atoms with E-state index in [9.17, 15) is 4.79 Å². The molecule has 2 atom stereocenters. The van der Waals surface area contributed by atoms with Crippen LogP contribution in [0, 0.1) is 0 Å². The molecule has 0 heterocycles. The van der Waals surface area contributed by atoms with Gasteiger partial charge >= 0.3 is 5.97 Å². The van der Waals surface area contributed by atoms with Crippen LogP contribution in [-0.2, 0) is 4.79 Å². The third-order valence-corrected chi connectivity index (χ3v) is 1.35. The summed E-state index contributed by atoms with van der Waals surface area (Å²) in [5.74, 6) is -0.977. The summed E-state index contributed by atoms with van der Waals surface area (Å²) in [5, 5.41) is 8.20. The van der Waals surface area contributed by atoms with Gasteiger partial charge < -0.3 is 10.8 Å². The predicted octanol–water partition coefficient (Wildman–Crippen LogP) is 0.182. The molecule has 0 saturated heterocycles. The molecule has 48 valence electrons. The zero-order chi connectivity index (χ0) is 6.73. The number of carbonyl (C=O) groups is 1. The van der Waals surface area contributed by atoms with Crippen molar-refractivity contribution in [2.75, 3.05) is 0 Å². The van der Waals surface area contributed by atoms with Gasteiger partial charge in [-0.05, 0) is 0 Å². The molecule has 0 saturated carbocycles. The van der Waals surface area contributed by atoms with Gasteiger partial charge in [0, 0.05) is 4.83 Å². The highest BCUT2D eigenvalue weighted by Gasteiger charge is 2.15. The number of nitrogens with two attached hydrogens (primary N) is 1. The molecule has 0 rings (SSSR count). The molecule has 0 radical (unpaired) electrons. The van der Waals surface area contributed by atoms with E-state index in [1.165, 1.54) is 0 Å². The molecule has 0 aliphatic rings. The van der Waals surface area contributed by atoms with E-state index in [1.807, 2.05) is 0 Å².